The van der Waals surface area contributed by atoms with Crippen molar-refractivity contribution in [2.75, 3.05) is 0 Å². The van der Waals surface area contributed by atoms with Gasteiger partial charge in [-0.05, 0) is 24.5 Å². The molecule has 0 saturated heterocycles. The summed E-state index contributed by atoms with van der Waals surface area (Å²) in [6.07, 6.45) is 0. The van der Waals surface area contributed by atoms with Gasteiger partial charge in [-0.15, -0.1) is 0 Å². The molecule has 0 radical (unpaired) electrons. The Labute approximate surface area is 114 Å². The molecule has 1 aromatic rings. The molecule has 4 heteroatoms. The van der Waals surface area contributed by atoms with E-state index >= 15 is 0 Å². The molecule has 0 fully saturated rings. The summed E-state index contributed by atoms with van der Waals surface area (Å²) in [5, 5.41) is 2.98. The molecule has 1 rings (SSSR count). The first-order valence-electron chi connectivity index (χ1n) is 5.92. The Balaban J connectivity index is 2.76. The van der Waals surface area contributed by atoms with Crippen LogP contribution in [0.2, 0.25) is 0 Å². The van der Waals surface area contributed by atoms with Crippen LogP contribution in [0.25, 0.3) is 0 Å². The molecule has 3 nitrogen and oxygen atoms in total. The summed E-state index contributed by atoms with van der Waals surface area (Å²) in [5.74, 6) is -0.0769. The fourth-order valence-corrected chi connectivity index (χ4v) is 1.42. The molecule has 0 aliphatic rings. The first-order chi connectivity index (χ1) is 8.21. The van der Waals surface area contributed by atoms with Gasteiger partial charge in [-0.25, -0.2) is 0 Å². The fourth-order valence-electron chi connectivity index (χ4n) is 1.28. The molecule has 18 heavy (non-hydrogen) atoms. The molecular formula is C14H20N2OS. The number of carbonyl (C=O) groups excluding carboxylic acids is 1. The number of carbonyl (C=O) groups is 1. The van der Waals surface area contributed by atoms with Gasteiger partial charge in [-0.2, -0.15) is 0 Å². The van der Waals surface area contributed by atoms with E-state index in [1.54, 1.807) is 24.3 Å². The van der Waals surface area contributed by atoms with E-state index in [9.17, 15) is 4.79 Å². The summed E-state index contributed by atoms with van der Waals surface area (Å²) >= 11 is 4.87. The maximum atomic E-state index is 12.0. The van der Waals surface area contributed by atoms with Gasteiger partial charge in [0.15, 0.2) is 0 Å². The Morgan fingerprint density at radius 2 is 1.67 bits per heavy atom. The number of hydrogen-bond donors (Lipinski definition) is 2. The molecule has 0 saturated carbocycles. The minimum Gasteiger partial charge on any atom is -0.389 e. The Bertz CT molecular complexity index is 446. The average Bonchev–Trinajstić information content (AvgIpc) is 2.27. The minimum atomic E-state index is -0.0769. The van der Waals surface area contributed by atoms with Crippen molar-refractivity contribution < 1.29 is 4.79 Å². The summed E-state index contributed by atoms with van der Waals surface area (Å²) in [6.45, 7) is 8.27. The first kappa shape index (κ1) is 14.6. The van der Waals surface area contributed by atoms with E-state index in [1.165, 1.54) is 0 Å². The maximum Gasteiger partial charge on any atom is 0.251 e. The normalized spacial score (nSPS) is 12.9. The number of thiocarbonyl (C=S) groups is 1. The average molecular weight is 264 g/mol. The summed E-state index contributed by atoms with van der Waals surface area (Å²) in [5.41, 5.74) is 6.93. The molecule has 3 N–H and O–H groups in total. The largest absolute Gasteiger partial charge is 0.389 e. The summed E-state index contributed by atoms with van der Waals surface area (Å²) in [7, 11) is 0. The number of amides is 1. The predicted octanol–water partition coefficient (Wildman–Crippen LogP) is 2.49. The van der Waals surface area contributed by atoms with Crippen LogP contribution in [0.4, 0.5) is 0 Å². The molecule has 0 spiro atoms. The second kappa shape index (κ2) is 5.48. The molecule has 0 aromatic heterocycles. The van der Waals surface area contributed by atoms with Gasteiger partial charge in [0.25, 0.3) is 5.91 Å². The molecular weight excluding hydrogens is 244 g/mol. The number of nitrogens with one attached hydrogen (secondary N) is 1. The van der Waals surface area contributed by atoms with Gasteiger partial charge in [-0.1, -0.05) is 45.1 Å². The van der Waals surface area contributed by atoms with Crippen molar-refractivity contribution in [2.24, 2.45) is 11.1 Å². The lowest BCUT2D eigenvalue weighted by molar-refractivity contribution is 0.0910. The highest BCUT2D eigenvalue weighted by atomic mass is 32.1. The third kappa shape index (κ3) is 3.81. The van der Waals surface area contributed by atoms with Crippen LogP contribution in [-0.2, 0) is 0 Å². The Hall–Kier alpha value is -1.42. The highest BCUT2D eigenvalue weighted by molar-refractivity contribution is 7.80. The van der Waals surface area contributed by atoms with Crippen molar-refractivity contribution >= 4 is 23.1 Å². The van der Waals surface area contributed by atoms with Crippen LogP contribution in [-0.4, -0.2) is 16.9 Å². The van der Waals surface area contributed by atoms with Gasteiger partial charge in [0, 0.05) is 17.2 Å². The number of benzene rings is 1. The van der Waals surface area contributed by atoms with Gasteiger partial charge in [0.1, 0.15) is 4.99 Å². The summed E-state index contributed by atoms with van der Waals surface area (Å²) < 4.78 is 0. The number of nitrogens with two attached hydrogens (primary N) is 1. The fraction of sp³-hybridized carbons (Fsp3) is 0.429. The van der Waals surface area contributed by atoms with Crippen molar-refractivity contribution in [3.05, 3.63) is 35.4 Å². The van der Waals surface area contributed by atoms with Crippen LogP contribution >= 0.6 is 12.2 Å². The van der Waals surface area contributed by atoms with Gasteiger partial charge < -0.3 is 11.1 Å². The van der Waals surface area contributed by atoms with Gasteiger partial charge in [0.2, 0.25) is 0 Å². The van der Waals surface area contributed by atoms with Crippen LogP contribution in [0.5, 0.6) is 0 Å². The van der Waals surface area contributed by atoms with Gasteiger partial charge >= 0.3 is 0 Å². The van der Waals surface area contributed by atoms with E-state index in [-0.39, 0.29) is 17.4 Å². The molecule has 1 amide bonds. The molecule has 0 aliphatic heterocycles. The van der Waals surface area contributed by atoms with Crippen molar-refractivity contribution in [3.8, 4) is 0 Å². The van der Waals surface area contributed by atoms with Crippen LogP contribution in [0.1, 0.15) is 43.6 Å². The van der Waals surface area contributed by atoms with E-state index in [4.69, 9.17) is 18.0 Å². The quantitative estimate of drug-likeness (QED) is 0.825. The van der Waals surface area contributed by atoms with Crippen molar-refractivity contribution in [1.29, 1.82) is 0 Å². The van der Waals surface area contributed by atoms with Crippen LogP contribution in [0, 0.1) is 5.41 Å². The van der Waals surface area contributed by atoms with Crippen LogP contribution < -0.4 is 11.1 Å². The standard InChI is InChI=1S/C14H20N2OS/c1-9(14(2,3)4)16-13(17)11-7-5-10(6-8-11)12(15)18/h5-9H,1-4H3,(H2,15,18)(H,16,17). The Morgan fingerprint density at radius 1 is 1.22 bits per heavy atom. The van der Waals surface area contributed by atoms with Crippen LogP contribution in [0.3, 0.4) is 0 Å². The molecule has 0 bridgehead atoms. The molecule has 0 aliphatic carbocycles. The second-order valence-corrected chi connectivity index (χ2v) is 5.94. The molecule has 1 atom stereocenters. The van der Waals surface area contributed by atoms with Crippen molar-refractivity contribution in [1.82, 2.24) is 5.32 Å². The van der Waals surface area contributed by atoms with E-state index in [1.807, 2.05) is 6.92 Å². The zero-order valence-corrected chi connectivity index (χ0v) is 12.1. The Morgan fingerprint density at radius 3 is 2.06 bits per heavy atom. The highest BCUT2D eigenvalue weighted by Gasteiger charge is 2.22. The van der Waals surface area contributed by atoms with Gasteiger partial charge in [0.05, 0.1) is 0 Å². The minimum absolute atomic E-state index is 0.0361. The van der Waals surface area contributed by atoms with Gasteiger partial charge in [-0.3, -0.25) is 4.79 Å². The third-order valence-corrected chi connectivity index (χ3v) is 3.31. The van der Waals surface area contributed by atoms with E-state index < -0.39 is 0 Å². The van der Waals surface area contributed by atoms with E-state index in [0.717, 1.165) is 5.56 Å². The third-order valence-electron chi connectivity index (χ3n) is 3.08. The Kier molecular flexibility index (Phi) is 4.46. The second-order valence-electron chi connectivity index (χ2n) is 5.50. The lowest BCUT2D eigenvalue weighted by atomic mass is 9.88. The van der Waals surface area contributed by atoms with E-state index in [2.05, 4.69) is 26.1 Å². The maximum absolute atomic E-state index is 12.0. The molecule has 98 valence electrons. The van der Waals surface area contributed by atoms with Crippen molar-refractivity contribution in [2.45, 2.75) is 33.7 Å². The predicted molar refractivity (Wildman–Crippen MR) is 78.7 cm³/mol. The zero-order valence-electron chi connectivity index (χ0n) is 11.3. The summed E-state index contributed by atoms with van der Waals surface area (Å²) in [6, 6.07) is 7.09. The SMILES string of the molecule is CC(NC(=O)c1ccc(C(N)=S)cc1)C(C)(C)C. The molecule has 0 heterocycles. The molecule has 1 unspecified atom stereocenters. The van der Waals surface area contributed by atoms with E-state index in [0.29, 0.717) is 10.6 Å². The molecule has 1 aromatic carbocycles. The summed E-state index contributed by atoms with van der Waals surface area (Å²) in [4.78, 5) is 12.3. The zero-order chi connectivity index (χ0) is 13.9. The lowest BCUT2D eigenvalue weighted by Crippen LogP contribution is -2.41. The first-order valence-corrected chi connectivity index (χ1v) is 6.33. The lowest BCUT2D eigenvalue weighted by Gasteiger charge is -2.28. The smallest absolute Gasteiger partial charge is 0.251 e. The number of rotatable bonds is 3. The monoisotopic (exact) mass is 264 g/mol. The number of hydrogen-bond acceptors (Lipinski definition) is 2. The topological polar surface area (TPSA) is 55.1 Å². The van der Waals surface area contributed by atoms with Crippen molar-refractivity contribution in [3.63, 3.8) is 0 Å². The van der Waals surface area contributed by atoms with Crippen LogP contribution in [0.15, 0.2) is 24.3 Å². The highest BCUT2D eigenvalue weighted by Crippen LogP contribution is 2.19.